The van der Waals surface area contributed by atoms with Crippen LogP contribution in [0, 0.1) is 6.92 Å². The molecule has 0 bridgehead atoms. The van der Waals surface area contributed by atoms with Gasteiger partial charge in [0.05, 0.1) is 5.60 Å². The fourth-order valence-electron chi connectivity index (χ4n) is 2.91. The summed E-state index contributed by atoms with van der Waals surface area (Å²) in [7, 11) is 0. The summed E-state index contributed by atoms with van der Waals surface area (Å²) >= 11 is 5.85. The zero-order chi connectivity index (χ0) is 14.9. The summed E-state index contributed by atoms with van der Waals surface area (Å²) in [5.41, 5.74) is -0.579. The molecule has 1 saturated heterocycles. The first-order valence-corrected chi connectivity index (χ1v) is 7.46. The maximum atomic E-state index is 12.3. The Morgan fingerprint density at radius 2 is 2.05 bits per heavy atom. The molecule has 1 unspecified atom stereocenters. The van der Waals surface area contributed by atoms with Crippen molar-refractivity contribution in [1.82, 2.24) is 9.55 Å². The second-order valence-electron chi connectivity index (χ2n) is 5.43. The molecule has 1 N–H and O–H groups in total. The minimum atomic E-state index is -0.432. The van der Waals surface area contributed by atoms with Crippen LogP contribution in [0.1, 0.15) is 51.1 Å². The molecule has 0 radical (unpaired) electrons. The third kappa shape index (κ3) is 2.56. The molecule has 112 valence electrons. The van der Waals surface area contributed by atoms with Gasteiger partial charge in [0.1, 0.15) is 5.15 Å². The zero-order valence-corrected chi connectivity index (χ0v) is 12.9. The van der Waals surface area contributed by atoms with E-state index in [4.69, 9.17) is 16.3 Å². The first kappa shape index (κ1) is 15.3. The Labute approximate surface area is 122 Å². The summed E-state index contributed by atoms with van der Waals surface area (Å²) in [6, 6.07) is -0.129. The van der Waals surface area contributed by atoms with Crippen LogP contribution in [0.2, 0.25) is 5.15 Å². The normalized spacial score (nSPS) is 21.9. The van der Waals surface area contributed by atoms with E-state index in [9.17, 15) is 9.59 Å². The molecule has 2 rings (SSSR count). The van der Waals surface area contributed by atoms with Gasteiger partial charge in [0.25, 0.3) is 5.56 Å². The highest BCUT2D eigenvalue weighted by Crippen LogP contribution is 2.36. The van der Waals surface area contributed by atoms with Gasteiger partial charge in [0.2, 0.25) is 0 Å². The lowest BCUT2D eigenvalue weighted by Crippen LogP contribution is -2.46. The molecule has 1 aliphatic heterocycles. The van der Waals surface area contributed by atoms with Gasteiger partial charge < -0.3 is 4.74 Å². The minimum Gasteiger partial charge on any atom is -0.375 e. The van der Waals surface area contributed by atoms with Crippen molar-refractivity contribution in [3.63, 3.8) is 0 Å². The molecule has 0 aliphatic carbocycles. The van der Waals surface area contributed by atoms with Gasteiger partial charge in [-0.1, -0.05) is 25.4 Å². The first-order chi connectivity index (χ1) is 9.44. The molecular weight excluding hydrogens is 280 g/mol. The van der Waals surface area contributed by atoms with Gasteiger partial charge in [-0.25, -0.2) is 4.79 Å². The number of hydrogen-bond acceptors (Lipinski definition) is 3. The zero-order valence-electron chi connectivity index (χ0n) is 12.2. The average Bonchev–Trinajstić information content (AvgIpc) is 2.45. The lowest BCUT2D eigenvalue weighted by Gasteiger charge is -2.40. The maximum absolute atomic E-state index is 12.3. The van der Waals surface area contributed by atoms with Gasteiger partial charge in [0.15, 0.2) is 0 Å². The number of H-pyrrole nitrogens is 1. The molecule has 1 fully saturated rings. The molecular formula is C14H21ClN2O3. The van der Waals surface area contributed by atoms with E-state index < -0.39 is 5.69 Å². The van der Waals surface area contributed by atoms with E-state index in [2.05, 4.69) is 18.8 Å². The fourth-order valence-corrected chi connectivity index (χ4v) is 3.07. The number of nitrogens with one attached hydrogen (secondary N) is 1. The maximum Gasteiger partial charge on any atom is 0.329 e. The van der Waals surface area contributed by atoms with Gasteiger partial charge in [-0.05, 0) is 32.6 Å². The molecule has 1 atom stereocenters. The highest BCUT2D eigenvalue weighted by molar-refractivity contribution is 6.30. The van der Waals surface area contributed by atoms with Crippen molar-refractivity contribution in [3.05, 3.63) is 31.6 Å². The quantitative estimate of drug-likeness (QED) is 0.872. The topological polar surface area (TPSA) is 64.1 Å². The predicted molar refractivity (Wildman–Crippen MR) is 78.6 cm³/mol. The van der Waals surface area contributed by atoms with Gasteiger partial charge >= 0.3 is 5.69 Å². The average molecular weight is 301 g/mol. The van der Waals surface area contributed by atoms with Crippen molar-refractivity contribution >= 4 is 11.6 Å². The van der Waals surface area contributed by atoms with E-state index in [1.165, 1.54) is 4.57 Å². The Morgan fingerprint density at radius 1 is 1.40 bits per heavy atom. The van der Waals surface area contributed by atoms with Crippen LogP contribution in [0.5, 0.6) is 0 Å². The summed E-state index contributed by atoms with van der Waals surface area (Å²) in [6.45, 7) is 6.35. The third-order valence-corrected chi connectivity index (χ3v) is 4.80. The van der Waals surface area contributed by atoms with Crippen molar-refractivity contribution in [3.8, 4) is 0 Å². The predicted octanol–water partition coefficient (Wildman–Crippen LogP) is 2.41. The molecule has 1 aromatic heterocycles. The molecule has 1 aromatic rings. The molecule has 0 saturated carbocycles. The van der Waals surface area contributed by atoms with Crippen molar-refractivity contribution in [2.24, 2.45) is 0 Å². The lowest BCUT2D eigenvalue weighted by atomic mass is 9.86. The second kappa shape index (κ2) is 5.74. The number of ether oxygens (including phenoxy) is 1. The highest BCUT2D eigenvalue weighted by Gasteiger charge is 2.36. The van der Waals surface area contributed by atoms with E-state index in [0.29, 0.717) is 25.0 Å². The molecule has 0 amide bonds. The van der Waals surface area contributed by atoms with Crippen LogP contribution in [0.4, 0.5) is 0 Å². The fraction of sp³-hybridized carbons (Fsp3) is 0.714. The molecule has 0 spiro atoms. The van der Waals surface area contributed by atoms with E-state index >= 15 is 0 Å². The van der Waals surface area contributed by atoms with Gasteiger partial charge in [-0.3, -0.25) is 14.3 Å². The largest absolute Gasteiger partial charge is 0.375 e. The number of aromatic amines is 1. The molecule has 5 nitrogen and oxygen atoms in total. The highest BCUT2D eigenvalue weighted by atomic mass is 35.5. The monoisotopic (exact) mass is 300 g/mol. The summed E-state index contributed by atoms with van der Waals surface area (Å²) in [5.74, 6) is 0. The van der Waals surface area contributed by atoms with Crippen LogP contribution < -0.4 is 11.2 Å². The third-order valence-electron chi connectivity index (χ3n) is 4.43. The summed E-state index contributed by atoms with van der Waals surface area (Å²) in [6.07, 6.45) is 3.11. The summed E-state index contributed by atoms with van der Waals surface area (Å²) < 4.78 is 7.20. The van der Waals surface area contributed by atoms with Crippen molar-refractivity contribution in [1.29, 1.82) is 0 Å². The molecule has 2 heterocycles. The Morgan fingerprint density at radius 3 is 2.65 bits per heavy atom. The molecule has 0 aromatic carbocycles. The number of hydrogen-bond donors (Lipinski definition) is 1. The van der Waals surface area contributed by atoms with Crippen LogP contribution in [0.15, 0.2) is 9.59 Å². The molecule has 6 heteroatoms. The second-order valence-corrected chi connectivity index (χ2v) is 5.81. The SMILES string of the molecule is CCC1(CC)CC(n2c(=O)[nH]c(Cl)c(C)c2=O)CCO1. The van der Waals surface area contributed by atoms with Gasteiger partial charge in [0, 0.05) is 18.2 Å². The van der Waals surface area contributed by atoms with Crippen LogP contribution in [0.3, 0.4) is 0 Å². The summed E-state index contributed by atoms with van der Waals surface area (Å²) in [4.78, 5) is 26.9. The molecule has 20 heavy (non-hydrogen) atoms. The Hall–Kier alpha value is -1.07. The minimum absolute atomic E-state index is 0.126. The van der Waals surface area contributed by atoms with Crippen LogP contribution in [0.25, 0.3) is 0 Å². The van der Waals surface area contributed by atoms with E-state index in [1.54, 1.807) is 6.92 Å². The van der Waals surface area contributed by atoms with Crippen molar-refractivity contribution < 1.29 is 4.74 Å². The lowest BCUT2D eigenvalue weighted by molar-refractivity contribution is -0.0996. The van der Waals surface area contributed by atoms with E-state index in [0.717, 1.165) is 12.8 Å². The van der Waals surface area contributed by atoms with Gasteiger partial charge in [-0.2, -0.15) is 0 Å². The Kier molecular flexibility index (Phi) is 4.39. The van der Waals surface area contributed by atoms with E-state index in [1.807, 2.05) is 0 Å². The van der Waals surface area contributed by atoms with Crippen molar-refractivity contribution in [2.45, 2.75) is 58.1 Å². The number of aromatic nitrogens is 2. The van der Waals surface area contributed by atoms with Gasteiger partial charge in [-0.15, -0.1) is 0 Å². The van der Waals surface area contributed by atoms with Crippen LogP contribution in [-0.4, -0.2) is 21.8 Å². The van der Waals surface area contributed by atoms with Crippen LogP contribution in [-0.2, 0) is 4.74 Å². The van der Waals surface area contributed by atoms with E-state index in [-0.39, 0.29) is 22.4 Å². The smallest absolute Gasteiger partial charge is 0.329 e. The molecule has 1 aliphatic rings. The Balaban J connectivity index is 2.45. The first-order valence-electron chi connectivity index (χ1n) is 7.09. The summed E-state index contributed by atoms with van der Waals surface area (Å²) in [5, 5.41) is 0.126. The number of halogens is 1. The Bertz CT molecular complexity index is 601. The number of nitrogens with zero attached hydrogens (tertiary/aromatic N) is 1. The standard InChI is InChI=1S/C14H21ClN2O3/c1-4-14(5-2)8-10(6-7-20-14)17-12(18)9(3)11(15)16-13(17)19/h10H,4-8H2,1-3H3,(H,16,19). The number of rotatable bonds is 3. The van der Waals surface area contributed by atoms with Crippen molar-refractivity contribution in [2.75, 3.05) is 6.61 Å². The van der Waals surface area contributed by atoms with Crippen LogP contribution >= 0.6 is 11.6 Å².